The van der Waals surface area contributed by atoms with E-state index in [4.69, 9.17) is 29.0 Å². The second kappa shape index (κ2) is 4.74. The Morgan fingerprint density at radius 2 is 1.50 bits per heavy atom. The molecule has 4 heteroatoms. The van der Waals surface area contributed by atoms with Crippen molar-refractivity contribution in [1.82, 2.24) is 0 Å². The van der Waals surface area contributed by atoms with Crippen LogP contribution >= 0.6 is 23.2 Å². The molecule has 0 amide bonds. The maximum Gasteiger partial charge on any atom is 0.0672 e. The van der Waals surface area contributed by atoms with E-state index in [2.05, 4.69) is 5.43 Å². The second-order valence-electron chi connectivity index (χ2n) is 3.35. The summed E-state index contributed by atoms with van der Waals surface area (Å²) in [6, 6.07) is 13.2. The van der Waals surface area contributed by atoms with Crippen LogP contribution in [0.15, 0.2) is 42.5 Å². The number of hydrogen-bond acceptors (Lipinski definition) is 2. The highest BCUT2D eigenvalue weighted by atomic mass is 35.5. The van der Waals surface area contributed by atoms with Crippen molar-refractivity contribution in [3.05, 3.63) is 52.5 Å². The van der Waals surface area contributed by atoms with E-state index < -0.39 is 0 Å². The molecule has 2 aromatic rings. The van der Waals surface area contributed by atoms with Gasteiger partial charge in [-0.1, -0.05) is 41.4 Å². The Labute approximate surface area is 104 Å². The van der Waals surface area contributed by atoms with E-state index in [1.807, 2.05) is 42.5 Å². The van der Waals surface area contributed by atoms with Crippen molar-refractivity contribution < 1.29 is 0 Å². The Bertz CT molecular complexity index is 495. The molecule has 0 unspecified atom stereocenters. The number of anilines is 1. The lowest BCUT2D eigenvalue weighted by Gasteiger charge is -2.06. The summed E-state index contributed by atoms with van der Waals surface area (Å²) in [5.74, 6) is 5.31. The van der Waals surface area contributed by atoms with E-state index in [9.17, 15) is 0 Å². The summed E-state index contributed by atoms with van der Waals surface area (Å²) in [6.07, 6.45) is 0. The van der Waals surface area contributed by atoms with Gasteiger partial charge in [0.15, 0.2) is 0 Å². The van der Waals surface area contributed by atoms with Crippen LogP contribution in [-0.4, -0.2) is 0 Å². The summed E-state index contributed by atoms with van der Waals surface area (Å²) >= 11 is 11.9. The van der Waals surface area contributed by atoms with E-state index in [0.717, 1.165) is 16.1 Å². The van der Waals surface area contributed by atoms with Crippen molar-refractivity contribution >= 4 is 28.9 Å². The van der Waals surface area contributed by atoms with Crippen LogP contribution in [-0.2, 0) is 0 Å². The Morgan fingerprint density at radius 3 is 2.06 bits per heavy atom. The van der Waals surface area contributed by atoms with Crippen LogP contribution in [0.4, 0.5) is 5.69 Å². The number of hydrazine groups is 1. The first-order valence-electron chi connectivity index (χ1n) is 4.73. The number of benzene rings is 2. The molecule has 0 radical (unpaired) electrons. The van der Waals surface area contributed by atoms with Crippen molar-refractivity contribution in [2.45, 2.75) is 0 Å². The lowest BCUT2D eigenvalue weighted by Crippen LogP contribution is -2.06. The van der Waals surface area contributed by atoms with E-state index in [0.29, 0.717) is 10.7 Å². The summed E-state index contributed by atoms with van der Waals surface area (Å²) in [6.45, 7) is 0. The van der Waals surface area contributed by atoms with Crippen LogP contribution in [0.2, 0.25) is 10.0 Å². The molecule has 0 saturated heterocycles. The quantitative estimate of drug-likeness (QED) is 0.628. The molecule has 0 spiro atoms. The van der Waals surface area contributed by atoms with Gasteiger partial charge in [-0.05, 0) is 35.4 Å². The first-order valence-corrected chi connectivity index (χ1v) is 5.48. The third-order valence-electron chi connectivity index (χ3n) is 2.30. The minimum Gasteiger partial charge on any atom is -0.323 e. The summed E-state index contributed by atoms with van der Waals surface area (Å²) < 4.78 is 0. The van der Waals surface area contributed by atoms with Gasteiger partial charge >= 0.3 is 0 Å². The lowest BCUT2D eigenvalue weighted by molar-refractivity contribution is 1.35. The van der Waals surface area contributed by atoms with Gasteiger partial charge in [-0.2, -0.15) is 0 Å². The fraction of sp³-hybridized carbons (Fsp3) is 0. The Morgan fingerprint density at radius 1 is 0.875 bits per heavy atom. The van der Waals surface area contributed by atoms with Gasteiger partial charge in [-0.15, -0.1) is 0 Å². The third-order valence-corrected chi connectivity index (χ3v) is 2.87. The molecule has 2 rings (SSSR count). The molecular weight excluding hydrogens is 243 g/mol. The minimum atomic E-state index is 0.593. The molecule has 0 aromatic heterocycles. The molecule has 2 aromatic carbocycles. The van der Waals surface area contributed by atoms with Gasteiger partial charge in [0.2, 0.25) is 0 Å². The van der Waals surface area contributed by atoms with Gasteiger partial charge in [0.05, 0.1) is 10.7 Å². The number of nitrogens with one attached hydrogen (secondary N) is 1. The highest BCUT2D eigenvalue weighted by molar-refractivity contribution is 6.33. The van der Waals surface area contributed by atoms with Gasteiger partial charge in [0.1, 0.15) is 0 Å². The first-order chi connectivity index (χ1) is 7.70. The fourth-order valence-corrected chi connectivity index (χ4v) is 1.82. The molecule has 0 heterocycles. The monoisotopic (exact) mass is 252 g/mol. The van der Waals surface area contributed by atoms with Crippen molar-refractivity contribution in [3.8, 4) is 11.1 Å². The Balaban J connectivity index is 2.41. The highest BCUT2D eigenvalue weighted by Crippen LogP contribution is 2.28. The molecular formula is C12H10Cl2N2. The normalized spacial score (nSPS) is 10.2. The summed E-state index contributed by atoms with van der Waals surface area (Å²) in [5.41, 5.74) is 5.33. The molecule has 82 valence electrons. The average Bonchev–Trinajstić information content (AvgIpc) is 2.30. The summed E-state index contributed by atoms with van der Waals surface area (Å²) in [7, 11) is 0. The first kappa shape index (κ1) is 11.3. The van der Waals surface area contributed by atoms with Gasteiger partial charge in [-0.25, -0.2) is 0 Å². The van der Waals surface area contributed by atoms with Gasteiger partial charge in [0.25, 0.3) is 0 Å². The van der Waals surface area contributed by atoms with Crippen molar-refractivity contribution in [2.24, 2.45) is 5.84 Å². The maximum atomic E-state index is 6.04. The number of nitrogens with two attached hydrogens (primary N) is 1. The maximum absolute atomic E-state index is 6.04. The largest absolute Gasteiger partial charge is 0.323 e. The lowest BCUT2D eigenvalue weighted by atomic mass is 10.1. The average molecular weight is 253 g/mol. The molecule has 16 heavy (non-hydrogen) atoms. The van der Waals surface area contributed by atoms with Gasteiger partial charge in [0, 0.05) is 5.02 Å². The molecule has 0 bridgehead atoms. The third kappa shape index (κ3) is 2.30. The number of halogens is 2. The summed E-state index contributed by atoms with van der Waals surface area (Å²) in [4.78, 5) is 0. The van der Waals surface area contributed by atoms with Crippen LogP contribution in [0.1, 0.15) is 0 Å². The molecule has 0 fully saturated rings. The zero-order valence-corrected chi connectivity index (χ0v) is 9.89. The van der Waals surface area contributed by atoms with Crippen molar-refractivity contribution in [1.29, 1.82) is 0 Å². The van der Waals surface area contributed by atoms with E-state index in [-0.39, 0.29) is 0 Å². The predicted octanol–water partition coefficient (Wildman–Crippen LogP) is 3.95. The van der Waals surface area contributed by atoms with E-state index >= 15 is 0 Å². The van der Waals surface area contributed by atoms with Gasteiger partial charge < -0.3 is 5.43 Å². The van der Waals surface area contributed by atoms with E-state index in [1.165, 1.54) is 0 Å². The van der Waals surface area contributed by atoms with Gasteiger partial charge in [-0.3, -0.25) is 5.84 Å². The second-order valence-corrected chi connectivity index (χ2v) is 4.19. The standard InChI is InChI=1S/C12H10Cl2N2/c13-10-4-1-8(2-5-10)9-3-6-12(16-15)11(14)7-9/h1-7,16H,15H2. The topological polar surface area (TPSA) is 38.0 Å². The minimum absolute atomic E-state index is 0.593. The zero-order chi connectivity index (χ0) is 11.5. The molecule has 0 aliphatic rings. The van der Waals surface area contributed by atoms with Crippen LogP contribution in [0.25, 0.3) is 11.1 Å². The molecule has 0 aliphatic heterocycles. The van der Waals surface area contributed by atoms with Crippen molar-refractivity contribution in [3.63, 3.8) is 0 Å². The van der Waals surface area contributed by atoms with Crippen LogP contribution < -0.4 is 11.3 Å². The van der Waals surface area contributed by atoms with Crippen molar-refractivity contribution in [2.75, 3.05) is 5.43 Å². The molecule has 3 N–H and O–H groups in total. The molecule has 0 aliphatic carbocycles. The number of hydrogen-bond donors (Lipinski definition) is 2. The van der Waals surface area contributed by atoms with E-state index in [1.54, 1.807) is 0 Å². The molecule has 2 nitrogen and oxygen atoms in total. The smallest absolute Gasteiger partial charge is 0.0672 e. The highest BCUT2D eigenvalue weighted by Gasteiger charge is 2.02. The number of nitrogen functional groups attached to an aromatic ring is 1. The summed E-state index contributed by atoms with van der Waals surface area (Å²) in [5, 5.41) is 1.31. The number of rotatable bonds is 2. The zero-order valence-electron chi connectivity index (χ0n) is 8.37. The predicted molar refractivity (Wildman–Crippen MR) is 69.7 cm³/mol. The molecule has 0 saturated carbocycles. The Kier molecular flexibility index (Phi) is 3.34. The van der Waals surface area contributed by atoms with Crippen LogP contribution in [0, 0.1) is 0 Å². The van der Waals surface area contributed by atoms with Crippen LogP contribution in [0.5, 0.6) is 0 Å². The fourth-order valence-electron chi connectivity index (χ4n) is 1.45. The van der Waals surface area contributed by atoms with Crippen LogP contribution in [0.3, 0.4) is 0 Å². The molecule has 0 atom stereocenters. The SMILES string of the molecule is NNc1ccc(-c2ccc(Cl)cc2)cc1Cl. The Hall–Kier alpha value is -1.22.